The van der Waals surface area contributed by atoms with E-state index in [4.69, 9.17) is 0 Å². The molecule has 0 spiro atoms. The van der Waals surface area contributed by atoms with Crippen molar-refractivity contribution in [2.24, 2.45) is 0 Å². The number of benzene rings is 1. The number of pyridine rings is 1. The van der Waals surface area contributed by atoms with Crippen molar-refractivity contribution in [1.29, 1.82) is 0 Å². The Kier molecular flexibility index (Phi) is 7.27. The predicted molar refractivity (Wildman–Crippen MR) is 99.0 cm³/mol. The van der Waals surface area contributed by atoms with Gasteiger partial charge in [-0.15, -0.1) is 0 Å². The van der Waals surface area contributed by atoms with Gasteiger partial charge in [0.2, 0.25) is 5.91 Å². The van der Waals surface area contributed by atoms with Crippen molar-refractivity contribution < 1.29 is 4.79 Å². The van der Waals surface area contributed by atoms with E-state index in [1.54, 1.807) is 0 Å². The number of rotatable bonds is 9. The number of hydrogen-bond donors (Lipinski definition) is 1. The van der Waals surface area contributed by atoms with Gasteiger partial charge in [-0.05, 0) is 43.9 Å². The Bertz CT molecular complexity index is 607. The SMILES string of the molecule is CCN(CC)c1ccc(CNC(=O)CCCc2ccccc2)cn1. The summed E-state index contributed by atoms with van der Waals surface area (Å²) in [5.74, 6) is 1.08. The van der Waals surface area contributed by atoms with Crippen molar-refractivity contribution in [2.75, 3.05) is 18.0 Å². The summed E-state index contributed by atoms with van der Waals surface area (Å²) in [7, 11) is 0. The first kappa shape index (κ1) is 18.0. The zero-order valence-electron chi connectivity index (χ0n) is 14.7. The number of nitrogens with zero attached hydrogens (tertiary/aromatic N) is 2. The molecule has 0 saturated carbocycles. The van der Waals surface area contributed by atoms with Gasteiger partial charge in [0.05, 0.1) is 0 Å². The Morgan fingerprint density at radius 2 is 1.79 bits per heavy atom. The first-order chi connectivity index (χ1) is 11.7. The van der Waals surface area contributed by atoms with Gasteiger partial charge in [0.25, 0.3) is 0 Å². The minimum Gasteiger partial charge on any atom is -0.357 e. The van der Waals surface area contributed by atoms with Gasteiger partial charge in [-0.2, -0.15) is 0 Å². The first-order valence-electron chi connectivity index (χ1n) is 8.73. The molecule has 2 aromatic rings. The van der Waals surface area contributed by atoms with E-state index in [1.165, 1.54) is 5.56 Å². The number of hydrogen-bond acceptors (Lipinski definition) is 3. The van der Waals surface area contributed by atoms with Crippen LogP contribution in [-0.2, 0) is 17.8 Å². The maximum Gasteiger partial charge on any atom is 0.220 e. The Labute approximate surface area is 144 Å². The lowest BCUT2D eigenvalue weighted by Crippen LogP contribution is -2.24. The van der Waals surface area contributed by atoms with Crippen molar-refractivity contribution in [3.05, 3.63) is 59.8 Å². The predicted octanol–water partition coefficient (Wildman–Crippen LogP) is 3.57. The monoisotopic (exact) mass is 325 g/mol. The van der Waals surface area contributed by atoms with Crippen molar-refractivity contribution in [3.63, 3.8) is 0 Å². The van der Waals surface area contributed by atoms with Crippen LogP contribution in [0.1, 0.15) is 37.8 Å². The summed E-state index contributed by atoms with van der Waals surface area (Å²) in [4.78, 5) is 18.6. The maximum absolute atomic E-state index is 11.9. The summed E-state index contributed by atoms with van der Waals surface area (Å²) < 4.78 is 0. The summed E-state index contributed by atoms with van der Waals surface area (Å²) in [6.45, 7) is 6.67. The van der Waals surface area contributed by atoms with Crippen LogP contribution in [0.2, 0.25) is 0 Å². The van der Waals surface area contributed by atoms with Gasteiger partial charge < -0.3 is 10.2 Å². The molecule has 0 saturated heterocycles. The molecule has 1 heterocycles. The molecular formula is C20H27N3O. The van der Waals surface area contributed by atoms with Gasteiger partial charge in [-0.25, -0.2) is 4.98 Å². The average molecular weight is 325 g/mol. The molecule has 1 aromatic heterocycles. The Morgan fingerprint density at radius 3 is 2.42 bits per heavy atom. The van der Waals surface area contributed by atoms with Crippen LogP contribution in [0.15, 0.2) is 48.7 Å². The molecule has 0 aliphatic heterocycles. The van der Waals surface area contributed by atoms with Crippen LogP contribution in [0.3, 0.4) is 0 Å². The van der Waals surface area contributed by atoms with Gasteiger partial charge in [-0.3, -0.25) is 4.79 Å². The average Bonchev–Trinajstić information content (AvgIpc) is 2.63. The standard InChI is InChI=1S/C20H27N3O/c1-3-23(4-2)19-14-13-18(15-21-19)16-22-20(24)12-8-11-17-9-6-5-7-10-17/h5-7,9-10,13-15H,3-4,8,11-12,16H2,1-2H3,(H,22,24). The second kappa shape index (κ2) is 9.71. The smallest absolute Gasteiger partial charge is 0.220 e. The molecule has 0 unspecified atom stereocenters. The third kappa shape index (κ3) is 5.69. The summed E-state index contributed by atoms with van der Waals surface area (Å²) in [6, 6.07) is 14.3. The third-order valence-corrected chi connectivity index (χ3v) is 4.10. The molecule has 24 heavy (non-hydrogen) atoms. The Balaban J connectivity index is 1.71. The number of anilines is 1. The van der Waals surface area contributed by atoms with Crippen LogP contribution in [0, 0.1) is 0 Å². The molecule has 0 bridgehead atoms. The number of aromatic nitrogens is 1. The lowest BCUT2D eigenvalue weighted by Gasteiger charge is -2.19. The maximum atomic E-state index is 11.9. The fraction of sp³-hybridized carbons (Fsp3) is 0.400. The van der Waals surface area contributed by atoms with Gasteiger partial charge in [0, 0.05) is 32.3 Å². The van der Waals surface area contributed by atoms with E-state index in [-0.39, 0.29) is 5.91 Å². The molecule has 0 atom stereocenters. The minimum absolute atomic E-state index is 0.0961. The molecule has 0 fully saturated rings. The van der Waals surface area contributed by atoms with Gasteiger partial charge in [0.15, 0.2) is 0 Å². The van der Waals surface area contributed by atoms with E-state index in [0.717, 1.165) is 37.3 Å². The topological polar surface area (TPSA) is 45.2 Å². The van der Waals surface area contributed by atoms with Crippen LogP contribution in [0.5, 0.6) is 0 Å². The van der Waals surface area contributed by atoms with E-state index < -0.39 is 0 Å². The molecule has 1 N–H and O–H groups in total. The second-order valence-corrected chi connectivity index (χ2v) is 5.81. The Hall–Kier alpha value is -2.36. The summed E-state index contributed by atoms with van der Waals surface area (Å²) >= 11 is 0. The quantitative estimate of drug-likeness (QED) is 0.766. The van der Waals surface area contributed by atoms with Crippen molar-refractivity contribution in [1.82, 2.24) is 10.3 Å². The van der Waals surface area contributed by atoms with Gasteiger partial charge in [0.1, 0.15) is 5.82 Å². The number of carbonyl (C=O) groups is 1. The third-order valence-electron chi connectivity index (χ3n) is 4.10. The Morgan fingerprint density at radius 1 is 1.04 bits per heavy atom. The molecule has 0 radical (unpaired) electrons. The van der Waals surface area contributed by atoms with Gasteiger partial charge in [-0.1, -0.05) is 36.4 Å². The molecular weight excluding hydrogens is 298 g/mol. The fourth-order valence-corrected chi connectivity index (χ4v) is 2.64. The van der Waals surface area contributed by atoms with Gasteiger partial charge >= 0.3 is 0 Å². The molecule has 1 aromatic carbocycles. The van der Waals surface area contributed by atoms with E-state index in [1.807, 2.05) is 36.5 Å². The molecule has 4 nitrogen and oxygen atoms in total. The largest absolute Gasteiger partial charge is 0.357 e. The molecule has 1 amide bonds. The lowest BCUT2D eigenvalue weighted by atomic mass is 10.1. The second-order valence-electron chi connectivity index (χ2n) is 5.81. The van der Waals surface area contributed by atoms with Crippen LogP contribution in [-0.4, -0.2) is 24.0 Å². The molecule has 128 valence electrons. The van der Waals surface area contributed by atoms with Crippen molar-refractivity contribution >= 4 is 11.7 Å². The number of aryl methyl sites for hydroxylation is 1. The van der Waals surface area contributed by atoms with Crippen LogP contribution >= 0.6 is 0 Å². The lowest BCUT2D eigenvalue weighted by molar-refractivity contribution is -0.121. The molecule has 2 rings (SSSR count). The summed E-state index contributed by atoms with van der Waals surface area (Å²) in [6.07, 6.45) is 4.21. The zero-order valence-corrected chi connectivity index (χ0v) is 14.7. The normalized spacial score (nSPS) is 10.4. The number of carbonyl (C=O) groups excluding carboxylic acids is 1. The highest BCUT2D eigenvalue weighted by molar-refractivity contribution is 5.75. The highest BCUT2D eigenvalue weighted by Gasteiger charge is 2.05. The molecule has 4 heteroatoms. The first-order valence-corrected chi connectivity index (χ1v) is 8.73. The molecule has 0 aliphatic rings. The number of amides is 1. The van der Waals surface area contributed by atoms with E-state index in [9.17, 15) is 4.79 Å². The zero-order chi connectivity index (χ0) is 17.2. The van der Waals surface area contributed by atoms with Crippen LogP contribution in [0.25, 0.3) is 0 Å². The van der Waals surface area contributed by atoms with E-state index in [0.29, 0.717) is 13.0 Å². The van der Waals surface area contributed by atoms with Crippen molar-refractivity contribution in [2.45, 2.75) is 39.7 Å². The summed E-state index contributed by atoms with van der Waals surface area (Å²) in [5.41, 5.74) is 2.31. The highest BCUT2D eigenvalue weighted by atomic mass is 16.1. The molecule has 0 aliphatic carbocycles. The van der Waals surface area contributed by atoms with E-state index in [2.05, 4.69) is 41.2 Å². The number of nitrogens with one attached hydrogen (secondary N) is 1. The van der Waals surface area contributed by atoms with Crippen LogP contribution in [0.4, 0.5) is 5.82 Å². The fourth-order valence-electron chi connectivity index (χ4n) is 2.64. The van der Waals surface area contributed by atoms with Crippen molar-refractivity contribution in [3.8, 4) is 0 Å². The van der Waals surface area contributed by atoms with E-state index >= 15 is 0 Å². The minimum atomic E-state index is 0.0961. The van der Waals surface area contributed by atoms with Crippen LogP contribution < -0.4 is 10.2 Å². The highest BCUT2D eigenvalue weighted by Crippen LogP contribution is 2.11. The summed E-state index contributed by atoms with van der Waals surface area (Å²) in [5, 5.41) is 2.97.